The Bertz CT molecular complexity index is 1160. The standard InChI is InChI=1S/C28H33N3O3/c1-20(2)16-31(17-21-8-9-25-23(15-21)7-4-11-29-25)28(32)26-19-30(12-14-33-26)18-24-6-3-5-22-10-13-34-27(22)24/h3-9,11,15,20,26H,10,12-14,16-19H2,1-2H3/t26-/m1/s1. The molecule has 6 nitrogen and oxygen atoms in total. The number of nitrogens with zero attached hydrogens (tertiary/aromatic N) is 3. The molecule has 1 fully saturated rings. The van der Waals surface area contributed by atoms with Crippen LogP contribution in [0.3, 0.4) is 0 Å². The van der Waals surface area contributed by atoms with Crippen LogP contribution in [0.25, 0.3) is 10.9 Å². The number of carbonyl (C=O) groups excluding carboxylic acids is 1. The van der Waals surface area contributed by atoms with Crippen LogP contribution in [-0.4, -0.2) is 59.6 Å². The van der Waals surface area contributed by atoms with Crippen molar-refractivity contribution in [2.24, 2.45) is 5.92 Å². The number of aromatic nitrogens is 1. The molecule has 1 aromatic heterocycles. The number of ether oxygens (including phenoxy) is 2. The van der Waals surface area contributed by atoms with E-state index in [1.54, 1.807) is 6.20 Å². The molecule has 1 saturated heterocycles. The van der Waals surface area contributed by atoms with E-state index in [2.05, 4.69) is 60.1 Å². The highest BCUT2D eigenvalue weighted by atomic mass is 16.5. The average molecular weight is 460 g/mol. The minimum atomic E-state index is -0.452. The Labute approximate surface area is 201 Å². The highest BCUT2D eigenvalue weighted by Crippen LogP contribution is 2.30. The summed E-state index contributed by atoms with van der Waals surface area (Å²) in [6.45, 7) is 9.07. The van der Waals surface area contributed by atoms with E-state index in [-0.39, 0.29) is 5.91 Å². The van der Waals surface area contributed by atoms with Crippen LogP contribution >= 0.6 is 0 Å². The summed E-state index contributed by atoms with van der Waals surface area (Å²) in [7, 11) is 0. The Balaban J connectivity index is 1.29. The number of rotatable bonds is 7. The van der Waals surface area contributed by atoms with Crippen LogP contribution in [0, 0.1) is 5.92 Å². The van der Waals surface area contributed by atoms with Crippen molar-refractivity contribution in [1.82, 2.24) is 14.8 Å². The first-order chi connectivity index (χ1) is 16.6. The highest BCUT2D eigenvalue weighted by molar-refractivity contribution is 5.82. The lowest BCUT2D eigenvalue weighted by Gasteiger charge is -2.35. The van der Waals surface area contributed by atoms with Gasteiger partial charge in [-0.25, -0.2) is 0 Å². The van der Waals surface area contributed by atoms with Crippen LogP contribution < -0.4 is 4.74 Å². The predicted molar refractivity (Wildman–Crippen MR) is 133 cm³/mol. The summed E-state index contributed by atoms with van der Waals surface area (Å²) < 4.78 is 11.9. The zero-order chi connectivity index (χ0) is 23.5. The number of fused-ring (bicyclic) bond motifs is 2. The number of hydrogen-bond donors (Lipinski definition) is 0. The maximum Gasteiger partial charge on any atom is 0.253 e. The van der Waals surface area contributed by atoms with Gasteiger partial charge in [0.05, 0.1) is 18.7 Å². The van der Waals surface area contributed by atoms with Crippen molar-refractivity contribution >= 4 is 16.8 Å². The number of hydrogen-bond acceptors (Lipinski definition) is 5. The molecule has 5 rings (SSSR count). The molecule has 0 spiro atoms. The lowest BCUT2D eigenvalue weighted by atomic mass is 10.1. The maximum atomic E-state index is 13.6. The van der Waals surface area contributed by atoms with Gasteiger partial charge >= 0.3 is 0 Å². The van der Waals surface area contributed by atoms with Crippen molar-refractivity contribution in [1.29, 1.82) is 0 Å². The monoisotopic (exact) mass is 459 g/mol. The third-order valence-corrected chi connectivity index (χ3v) is 6.55. The van der Waals surface area contributed by atoms with E-state index >= 15 is 0 Å². The van der Waals surface area contributed by atoms with Crippen molar-refractivity contribution in [2.75, 3.05) is 32.8 Å². The van der Waals surface area contributed by atoms with Crippen LogP contribution in [-0.2, 0) is 29.0 Å². The van der Waals surface area contributed by atoms with Gasteiger partial charge in [0, 0.05) is 56.3 Å². The molecule has 34 heavy (non-hydrogen) atoms. The molecular weight excluding hydrogens is 426 g/mol. The minimum Gasteiger partial charge on any atom is -0.493 e. The van der Waals surface area contributed by atoms with Crippen LogP contribution in [0.4, 0.5) is 0 Å². The Morgan fingerprint density at radius 1 is 1.18 bits per heavy atom. The molecule has 2 aliphatic heterocycles. The molecule has 1 amide bonds. The lowest BCUT2D eigenvalue weighted by Crippen LogP contribution is -2.51. The van der Waals surface area contributed by atoms with Gasteiger partial charge in [-0.2, -0.15) is 0 Å². The molecule has 1 atom stereocenters. The molecular formula is C28H33N3O3. The number of morpholine rings is 1. The quantitative estimate of drug-likeness (QED) is 0.534. The predicted octanol–water partition coefficient (Wildman–Crippen LogP) is 4.06. The van der Waals surface area contributed by atoms with Crippen LogP contribution in [0.15, 0.2) is 54.7 Å². The smallest absolute Gasteiger partial charge is 0.253 e. The Kier molecular flexibility index (Phi) is 6.79. The zero-order valence-electron chi connectivity index (χ0n) is 20.1. The molecule has 0 saturated carbocycles. The topological polar surface area (TPSA) is 54.9 Å². The lowest BCUT2D eigenvalue weighted by molar-refractivity contribution is -0.151. The van der Waals surface area contributed by atoms with Gasteiger partial charge < -0.3 is 14.4 Å². The molecule has 2 aromatic carbocycles. The first-order valence-electron chi connectivity index (χ1n) is 12.3. The van der Waals surface area contributed by atoms with Crippen molar-refractivity contribution in [2.45, 2.75) is 39.5 Å². The van der Waals surface area contributed by atoms with Gasteiger partial charge in [-0.05, 0) is 35.2 Å². The molecule has 0 radical (unpaired) electrons. The third-order valence-electron chi connectivity index (χ3n) is 6.55. The second-order valence-corrected chi connectivity index (χ2v) is 9.74. The van der Waals surface area contributed by atoms with Gasteiger partial charge in [-0.15, -0.1) is 0 Å². The largest absolute Gasteiger partial charge is 0.493 e. The summed E-state index contributed by atoms with van der Waals surface area (Å²) in [6, 6.07) is 16.6. The average Bonchev–Trinajstić information content (AvgIpc) is 3.33. The zero-order valence-corrected chi connectivity index (χ0v) is 20.1. The van der Waals surface area contributed by atoms with E-state index in [0.29, 0.717) is 32.2 Å². The van der Waals surface area contributed by atoms with Crippen molar-refractivity contribution in [3.05, 3.63) is 71.4 Å². The normalized spacial score (nSPS) is 18.1. The molecule has 6 heteroatoms. The molecule has 0 N–H and O–H groups in total. The van der Waals surface area contributed by atoms with E-state index in [4.69, 9.17) is 9.47 Å². The fourth-order valence-corrected chi connectivity index (χ4v) is 4.96. The molecule has 3 aromatic rings. The maximum absolute atomic E-state index is 13.6. The number of benzene rings is 2. The summed E-state index contributed by atoms with van der Waals surface area (Å²) >= 11 is 0. The second kappa shape index (κ2) is 10.1. The van der Waals surface area contributed by atoms with E-state index < -0.39 is 6.10 Å². The van der Waals surface area contributed by atoms with Gasteiger partial charge in [-0.3, -0.25) is 14.7 Å². The fraction of sp³-hybridized carbons (Fsp3) is 0.429. The van der Waals surface area contributed by atoms with E-state index in [9.17, 15) is 4.79 Å². The van der Waals surface area contributed by atoms with E-state index in [0.717, 1.165) is 48.3 Å². The summed E-state index contributed by atoms with van der Waals surface area (Å²) in [6.07, 6.45) is 2.33. The number of amides is 1. The molecule has 0 unspecified atom stereocenters. The number of para-hydroxylation sites is 1. The Hall–Kier alpha value is -2.96. The van der Waals surface area contributed by atoms with Gasteiger partial charge in [0.1, 0.15) is 11.9 Å². The van der Waals surface area contributed by atoms with E-state index in [1.807, 2.05) is 17.0 Å². The molecule has 2 aliphatic rings. The van der Waals surface area contributed by atoms with Crippen LogP contribution in [0.5, 0.6) is 5.75 Å². The van der Waals surface area contributed by atoms with Gasteiger partial charge in [-0.1, -0.05) is 44.2 Å². The van der Waals surface area contributed by atoms with Gasteiger partial charge in [0.15, 0.2) is 0 Å². The Morgan fingerprint density at radius 3 is 2.97 bits per heavy atom. The number of carbonyl (C=O) groups is 1. The van der Waals surface area contributed by atoms with Crippen LogP contribution in [0.2, 0.25) is 0 Å². The first-order valence-corrected chi connectivity index (χ1v) is 12.3. The minimum absolute atomic E-state index is 0.0687. The summed E-state index contributed by atoms with van der Waals surface area (Å²) in [5, 5.41) is 1.09. The molecule has 3 heterocycles. The van der Waals surface area contributed by atoms with Gasteiger partial charge in [0.25, 0.3) is 5.91 Å². The van der Waals surface area contributed by atoms with Crippen LogP contribution in [0.1, 0.15) is 30.5 Å². The molecule has 178 valence electrons. The second-order valence-electron chi connectivity index (χ2n) is 9.74. The fourth-order valence-electron chi connectivity index (χ4n) is 4.96. The van der Waals surface area contributed by atoms with Crippen molar-refractivity contribution < 1.29 is 14.3 Å². The third kappa shape index (κ3) is 5.08. The summed E-state index contributed by atoms with van der Waals surface area (Å²) in [5.41, 5.74) is 4.56. The highest BCUT2D eigenvalue weighted by Gasteiger charge is 2.31. The number of pyridine rings is 1. The summed E-state index contributed by atoms with van der Waals surface area (Å²) in [4.78, 5) is 22.3. The molecule has 0 bridgehead atoms. The first kappa shape index (κ1) is 22.8. The van der Waals surface area contributed by atoms with Gasteiger partial charge in [0.2, 0.25) is 0 Å². The summed E-state index contributed by atoms with van der Waals surface area (Å²) in [5.74, 6) is 1.47. The SMILES string of the molecule is CC(C)CN(Cc1ccc2ncccc2c1)C(=O)[C@H]1CN(Cc2cccc3c2OCC3)CCO1. The van der Waals surface area contributed by atoms with Crippen molar-refractivity contribution in [3.8, 4) is 5.75 Å². The Morgan fingerprint density at radius 2 is 2.09 bits per heavy atom. The van der Waals surface area contributed by atoms with Crippen molar-refractivity contribution in [3.63, 3.8) is 0 Å². The van der Waals surface area contributed by atoms with E-state index in [1.165, 1.54) is 11.1 Å². The molecule has 0 aliphatic carbocycles.